The molecule has 8 heteroatoms. The van der Waals surface area contributed by atoms with Crippen LogP contribution in [0.2, 0.25) is 0 Å². The zero-order valence-electron chi connectivity index (χ0n) is 13.7. The van der Waals surface area contributed by atoms with E-state index >= 15 is 0 Å². The number of aryl methyl sites for hydroxylation is 1. The second kappa shape index (κ2) is 7.26. The largest absolute Gasteiger partial charge is 0.456 e. The highest BCUT2D eigenvalue weighted by atomic mass is 32.2. The summed E-state index contributed by atoms with van der Waals surface area (Å²) in [7, 11) is -3.05. The van der Waals surface area contributed by atoms with Crippen molar-refractivity contribution in [1.82, 2.24) is 10.3 Å². The molecule has 0 spiro atoms. The Morgan fingerprint density at radius 3 is 2.84 bits per heavy atom. The van der Waals surface area contributed by atoms with E-state index in [9.17, 15) is 18.0 Å². The van der Waals surface area contributed by atoms with Gasteiger partial charge in [0.15, 0.2) is 16.4 Å². The number of H-pyrrole nitrogens is 1. The molecule has 1 saturated heterocycles. The highest BCUT2D eigenvalue weighted by Gasteiger charge is 2.29. The van der Waals surface area contributed by atoms with Gasteiger partial charge in [-0.1, -0.05) is 18.2 Å². The van der Waals surface area contributed by atoms with E-state index in [1.807, 2.05) is 30.5 Å². The van der Waals surface area contributed by atoms with E-state index in [4.69, 9.17) is 4.74 Å². The predicted molar refractivity (Wildman–Crippen MR) is 92.8 cm³/mol. The number of aromatic nitrogens is 1. The van der Waals surface area contributed by atoms with Crippen molar-refractivity contribution in [3.63, 3.8) is 0 Å². The first-order valence-electron chi connectivity index (χ1n) is 8.13. The number of nitrogens with one attached hydrogen (secondary N) is 2. The van der Waals surface area contributed by atoms with Gasteiger partial charge >= 0.3 is 5.97 Å². The van der Waals surface area contributed by atoms with Crippen molar-refractivity contribution in [2.24, 2.45) is 0 Å². The third kappa shape index (κ3) is 4.60. The number of carbonyl (C=O) groups excluding carboxylic acids is 2. The van der Waals surface area contributed by atoms with Crippen LogP contribution < -0.4 is 5.32 Å². The molecule has 0 saturated carbocycles. The fourth-order valence-corrected chi connectivity index (χ4v) is 4.64. The summed E-state index contributed by atoms with van der Waals surface area (Å²) in [6, 6.07) is 7.43. The minimum atomic E-state index is -3.05. The Kier molecular flexibility index (Phi) is 5.08. The Morgan fingerprint density at radius 1 is 1.28 bits per heavy atom. The molecular formula is C17H20N2O5S. The summed E-state index contributed by atoms with van der Waals surface area (Å²) < 4.78 is 27.6. The van der Waals surface area contributed by atoms with Gasteiger partial charge < -0.3 is 15.0 Å². The van der Waals surface area contributed by atoms with Gasteiger partial charge in [0.25, 0.3) is 5.91 Å². The molecule has 1 aliphatic heterocycles. The van der Waals surface area contributed by atoms with E-state index in [0.29, 0.717) is 12.8 Å². The van der Waals surface area contributed by atoms with Crippen LogP contribution in [0.5, 0.6) is 0 Å². The van der Waals surface area contributed by atoms with Gasteiger partial charge in [-0.15, -0.1) is 0 Å². The topological polar surface area (TPSA) is 105 Å². The highest BCUT2D eigenvalue weighted by molar-refractivity contribution is 7.91. The lowest BCUT2D eigenvalue weighted by atomic mass is 10.1. The summed E-state index contributed by atoms with van der Waals surface area (Å²) in [5, 5.41) is 3.65. The van der Waals surface area contributed by atoms with E-state index in [-0.39, 0.29) is 30.6 Å². The molecule has 134 valence electrons. The van der Waals surface area contributed by atoms with Crippen molar-refractivity contribution < 1.29 is 22.7 Å². The van der Waals surface area contributed by atoms with E-state index in [0.717, 1.165) is 16.5 Å². The smallest absolute Gasteiger partial charge is 0.306 e. The number of sulfone groups is 1. The molecule has 1 aromatic carbocycles. The van der Waals surface area contributed by atoms with Crippen LogP contribution in [0.15, 0.2) is 30.5 Å². The first kappa shape index (κ1) is 17.5. The Hall–Kier alpha value is -2.35. The molecule has 25 heavy (non-hydrogen) atoms. The van der Waals surface area contributed by atoms with Crippen molar-refractivity contribution in [3.8, 4) is 0 Å². The Labute approximate surface area is 145 Å². The Balaban J connectivity index is 1.41. The lowest BCUT2D eigenvalue weighted by Crippen LogP contribution is -2.38. The molecule has 0 radical (unpaired) electrons. The standard InChI is InChI=1S/C17H20N2O5S/c20-16(19-13-7-8-25(22,23)11-13)10-24-17(21)6-5-12-9-18-15-4-2-1-3-14(12)15/h1-4,9,13,18H,5-8,10-11H2,(H,19,20)/t13-/m0/s1. The normalized spacial score (nSPS) is 19.0. The second-order valence-electron chi connectivity index (χ2n) is 6.19. The molecule has 0 aliphatic carbocycles. The second-order valence-corrected chi connectivity index (χ2v) is 8.42. The Bertz CT molecular complexity index is 887. The quantitative estimate of drug-likeness (QED) is 0.743. The molecule has 3 rings (SSSR count). The average molecular weight is 364 g/mol. The number of rotatable bonds is 6. The summed E-state index contributed by atoms with van der Waals surface area (Å²) in [6.07, 6.45) is 2.96. The van der Waals surface area contributed by atoms with Crippen molar-refractivity contribution in [1.29, 1.82) is 0 Å². The number of hydrogen-bond donors (Lipinski definition) is 2. The molecule has 1 fully saturated rings. The molecule has 1 amide bonds. The van der Waals surface area contributed by atoms with Crippen molar-refractivity contribution in [2.75, 3.05) is 18.1 Å². The summed E-state index contributed by atoms with van der Waals surface area (Å²) in [6.45, 7) is -0.386. The zero-order valence-corrected chi connectivity index (χ0v) is 14.5. The monoisotopic (exact) mass is 364 g/mol. The number of benzene rings is 1. The summed E-state index contributed by atoms with van der Waals surface area (Å²) in [5.41, 5.74) is 2.03. The number of ether oxygens (including phenoxy) is 1. The number of esters is 1. The van der Waals surface area contributed by atoms with E-state index in [1.54, 1.807) is 0 Å². The maximum absolute atomic E-state index is 11.8. The lowest BCUT2D eigenvalue weighted by molar-refractivity contribution is -0.148. The third-order valence-corrected chi connectivity index (χ3v) is 6.00. The first-order chi connectivity index (χ1) is 11.9. The van der Waals surface area contributed by atoms with E-state index < -0.39 is 21.7 Å². The van der Waals surface area contributed by atoms with Crippen LogP contribution in [0.1, 0.15) is 18.4 Å². The zero-order chi connectivity index (χ0) is 17.9. The fourth-order valence-electron chi connectivity index (χ4n) is 2.97. The number of hydrogen-bond acceptors (Lipinski definition) is 5. The van der Waals surface area contributed by atoms with Crippen molar-refractivity contribution in [3.05, 3.63) is 36.0 Å². The van der Waals surface area contributed by atoms with Crippen LogP contribution in [0.3, 0.4) is 0 Å². The summed E-state index contributed by atoms with van der Waals surface area (Å²) in [5.74, 6) is -0.891. The van der Waals surface area contributed by atoms with Crippen LogP contribution in [-0.4, -0.2) is 49.4 Å². The number of carbonyl (C=O) groups is 2. The summed E-state index contributed by atoms with van der Waals surface area (Å²) >= 11 is 0. The van der Waals surface area contributed by atoms with Gasteiger partial charge in [0.05, 0.1) is 11.5 Å². The van der Waals surface area contributed by atoms with Gasteiger partial charge in [-0.25, -0.2) is 8.42 Å². The molecule has 0 unspecified atom stereocenters. The predicted octanol–water partition coefficient (Wildman–Crippen LogP) is 0.947. The van der Waals surface area contributed by atoms with Gasteiger partial charge in [0, 0.05) is 29.6 Å². The van der Waals surface area contributed by atoms with Crippen LogP contribution in [-0.2, 0) is 30.6 Å². The lowest BCUT2D eigenvalue weighted by Gasteiger charge is -2.11. The molecule has 1 aliphatic rings. The third-order valence-electron chi connectivity index (χ3n) is 4.24. The molecule has 1 aromatic heterocycles. The average Bonchev–Trinajstić information content (AvgIpc) is 3.14. The van der Waals surface area contributed by atoms with Crippen LogP contribution in [0.4, 0.5) is 0 Å². The van der Waals surface area contributed by atoms with Crippen molar-refractivity contribution in [2.45, 2.75) is 25.3 Å². The van der Waals surface area contributed by atoms with Crippen LogP contribution >= 0.6 is 0 Å². The van der Waals surface area contributed by atoms with Gasteiger partial charge in [0.2, 0.25) is 0 Å². The minimum Gasteiger partial charge on any atom is -0.456 e. The van der Waals surface area contributed by atoms with Crippen LogP contribution in [0.25, 0.3) is 10.9 Å². The number of aromatic amines is 1. The fraction of sp³-hybridized carbons (Fsp3) is 0.412. The molecule has 2 N–H and O–H groups in total. The van der Waals surface area contributed by atoms with Gasteiger partial charge in [0.1, 0.15) is 0 Å². The molecule has 2 heterocycles. The van der Waals surface area contributed by atoms with E-state index in [1.165, 1.54) is 0 Å². The van der Waals surface area contributed by atoms with Gasteiger partial charge in [-0.3, -0.25) is 9.59 Å². The van der Waals surface area contributed by atoms with Gasteiger partial charge in [-0.05, 0) is 24.5 Å². The molecule has 2 aromatic rings. The maximum Gasteiger partial charge on any atom is 0.306 e. The maximum atomic E-state index is 11.8. The number of amides is 1. The van der Waals surface area contributed by atoms with Crippen LogP contribution in [0, 0.1) is 0 Å². The van der Waals surface area contributed by atoms with Gasteiger partial charge in [-0.2, -0.15) is 0 Å². The van der Waals surface area contributed by atoms with Crippen molar-refractivity contribution >= 4 is 32.6 Å². The number of para-hydroxylation sites is 1. The molecule has 1 atom stereocenters. The molecular weight excluding hydrogens is 344 g/mol. The number of fused-ring (bicyclic) bond motifs is 1. The SMILES string of the molecule is O=C(COC(=O)CCc1c[nH]c2ccccc12)N[C@H]1CCS(=O)(=O)C1. The van der Waals surface area contributed by atoms with E-state index in [2.05, 4.69) is 10.3 Å². The minimum absolute atomic E-state index is 0.0484. The first-order valence-corrected chi connectivity index (χ1v) is 9.95. The molecule has 7 nitrogen and oxygen atoms in total. The molecule has 0 bridgehead atoms. The highest BCUT2D eigenvalue weighted by Crippen LogP contribution is 2.19. The summed E-state index contributed by atoms with van der Waals surface area (Å²) in [4.78, 5) is 26.7. The Morgan fingerprint density at radius 2 is 2.08 bits per heavy atom.